The Kier molecular flexibility index (Phi) is 7.47. The zero-order valence-corrected chi connectivity index (χ0v) is 18.8. The predicted octanol–water partition coefficient (Wildman–Crippen LogP) is 1.06. The minimum Gasteiger partial charge on any atom is -0.468 e. The molecule has 0 bridgehead atoms. The molecule has 0 radical (unpaired) electrons. The smallest absolute Gasteiger partial charge is 0.328 e. The molecule has 1 spiro atoms. The third kappa shape index (κ3) is 4.91. The van der Waals surface area contributed by atoms with Gasteiger partial charge in [-0.3, -0.25) is 24.2 Å². The van der Waals surface area contributed by atoms with Crippen LogP contribution in [0.15, 0.2) is 24.3 Å². The summed E-state index contributed by atoms with van der Waals surface area (Å²) in [5, 5.41) is 2.75. The van der Waals surface area contributed by atoms with E-state index in [4.69, 9.17) is 4.74 Å². The lowest BCUT2D eigenvalue weighted by molar-refractivity contribution is -0.146. The van der Waals surface area contributed by atoms with Crippen LogP contribution in [0.25, 0.3) is 0 Å². The topological polar surface area (TPSA) is 108 Å². The van der Waals surface area contributed by atoms with E-state index in [1.54, 1.807) is 12.0 Å². The molecule has 2 fully saturated rings. The van der Waals surface area contributed by atoms with Gasteiger partial charge in [0.1, 0.15) is 12.1 Å². The fourth-order valence-corrected chi connectivity index (χ4v) is 4.33. The molecule has 10 nitrogen and oxygen atoms in total. The van der Waals surface area contributed by atoms with E-state index in [1.165, 1.54) is 14.0 Å². The second-order valence-electron chi connectivity index (χ2n) is 8.08. The van der Waals surface area contributed by atoms with E-state index in [0.29, 0.717) is 39.1 Å². The highest BCUT2D eigenvalue weighted by Gasteiger charge is 2.58. The average molecular weight is 447 g/mol. The quantitative estimate of drug-likeness (QED) is 0.470. The van der Waals surface area contributed by atoms with Gasteiger partial charge in [0.15, 0.2) is 0 Å². The first-order valence-electron chi connectivity index (χ1n) is 10.6. The summed E-state index contributed by atoms with van der Waals surface area (Å²) >= 11 is 0. The first-order valence-corrected chi connectivity index (χ1v) is 10.6. The van der Waals surface area contributed by atoms with Crippen molar-refractivity contribution in [3.63, 3.8) is 0 Å². The molecule has 1 N–H and O–H groups in total. The van der Waals surface area contributed by atoms with Crippen LogP contribution in [0.1, 0.15) is 25.3 Å². The zero-order chi connectivity index (χ0) is 23.3. The highest BCUT2D eigenvalue weighted by Crippen LogP contribution is 2.37. The fourth-order valence-electron chi connectivity index (χ4n) is 4.33. The Bertz CT molecular complexity index is 864. The van der Waals surface area contributed by atoms with Gasteiger partial charge in [-0.15, -0.1) is 0 Å². The molecule has 2 heterocycles. The summed E-state index contributed by atoms with van der Waals surface area (Å²) in [5.74, 6) is -1.09. The minimum absolute atomic E-state index is 0.117. The van der Waals surface area contributed by atoms with Crippen molar-refractivity contribution in [1.82, 2.24) is 14.7 Å². The minimum atomic E-state index is -0.963. The lowest BCUT2D eigenvalue weighted by Crippen LogP contribution is -2.57. The molecule has 10 heteroatoms. The summed E-state index contributed by atoms with van der Waals surface area (Å²) in [6.07, 6.45) is 0.950. The van der Waals surface area contributed by atoms with Gasteiger partial charge >= 0.3 is 12.0 Å². The van der Waals surface area contributed by atoms with Crippen molar-refractivity contribution in [2.75, 3.05) is 52.3 Å². The van der Waals surface area contributed by atoms with Gasteiger partial charge < -0.3 is 19.7 Å². The van der Waals surface area contributed by atoms with Gasteiger partial charge in [0.2, 0.25) is 5.91 Å². The Hall–Kier alpha value is -2.98. The molecule has 3 rings (SSSR count). The number of hydrogen-bond acceptors (Lipinski definition) is 7. The van der Waals surface area contributed by atoms with E-state index in [-0.39, 0.29) is 24.9 Å². The Morgan fingerprint density at radius 2 is 1.75 bits per heavy atom. The largest absolute Gasteiger partial charge is 0.468 e. The van der Waals surface area contributed by atoms with Gasteiger partial charge in [0.05, 0.1) is 13.7 Å². The molecule has 174 valence electrons. The van der Waals surface area contributed by atoms with Crippen molar-refractivity contribution in [2.45, 2.75) is 31.8 Å². The van der Waals surface area contributed by atoms with Gasteiger partial charge in [0, 0.05) is 45.9 Å². The normalized spacial score (nSPS) is 18.3. The van der Waals surface area contributed by atoms with E-state index in [0.717, 1.165) is 16.2 Å². The molecule has 2 aliphatic rings. The molecular weight excluding hydrogens is 416 g/mol. The van der Waals surface area contributed by atoms with E-state index < -0.39 is 17.5 Å². The van der Waals surface area contributed by atoms with Crippen molar-refractivity contribution >= 4 is 29.5 Å². The SMILES string of the molecule is COCCN1C(=O)N(CC(=O)OC)C(=O)C12CCN(Cc1ccc(NC(C)=O)cc1)CC2. The number of amides is 4. The number of ether oxygens (including phenoxy) is 2. The molecule has 0 atom stereocenters. The maximum atomic E-state index is 13.3. The summed E-state index contributed by atoms with van der Waals surface area (Å²) in [6, 6.07) is 7.17. The number of likely N-dealkylation sites (tertiary alicyclic amines) is 1. The molecule has 2 aliphatic heterocycles. The van der Waals surface area contributed by atoms with Crippen LogP contribution in [-0.2, 0) is 30.4 Å². The second kappa shape index (κ2) is 10.1. The van der Waals surface area contributed by atoms with E-state index in [2.05, 4.69) is 15.0 Å². The number of imide groups is 1. The van der Waals surface area contributed by atoms with Gasteiger partial charge in [0.25, 0.3) is 5.91 Å². The summed E-state index contributed by atoms with van der Waals surface area (Å²) in [6.45, 7) is 3.62. The Morgan fingerprint density at radius 1 is 1.09 bits per heavy atom. The summed E-state index contributed by atoms with van der Waals surface area (Å²) in [4.78, 5) is 53.9. The number of rotatable bonds is 8. The predicted molar refractivity (Wildman–Crippen MR) is 116 cm³/mol. The number of carbonyl (C=O) groups excluding carboxylic acids is 4. The molecule has 4 amide bonds. The lowest BCUT2D eigenvalue weighted by Gasteiger charge is -2.42. The Labute approximate surface area is 187 Å². The number of nitrogens with one attached hydrogen (secondary N) is 1. The first kappa shape index (κ1) is 23.7. The number of anilines is 1. The van der Waals surface area contributed by atoms with Gasteiger partial charge in [-0.1, -0.05) is 12.1 Å². The number of carbonyl (C=O) groups is 4. The third-order valence-corrected chi connectivity index (χ3v) is 6.02. The van der Waals surface area contributed by atoms with Crippen LogP contribution < -0.4 is 5.32 Å². The summed E-state index contributed by atoms with van der Waals surface area (Å²) < 4.78 is 9.79. The third-order valence-electron chi connectivity index (χ3n) is 6.02. The van der Waals surface area contributed by atoms with Crippen LogP contribution >= 0.6 is 0 Å². The Balaban J connectivity index is 1.68. The van der Waals surface area contributed by atoms with E-state index >= 15 is 0 Å². The molecule has 0 saturated carbocycles. The molecule has 2 saturated heterocycles. The van der Waals surface area contributed by atoms with Gasteiger partial charge in [-0.25, -0.2) is 4.79 Å². The molecule has 0 aromatic heterocycles. The van der Waals surface area contributed by atoms with Gasteiger partial charge in [-0.05, 0) is 30.5 Å². The maximum absolute atomic E-state index is 13.3. The van der Waals surface area contributed by atoms with Crippen molar-refractivity contribution in [2.24, 2.45) is 0 Å². The summed E-state index contributed by atoms with van der Waals surface area (Å²) in [7, 11) is 2.77. The molecule has 0 unspecified atom stereocenters. The number of urea groups is 1. The number of esters is 1. The van der Waals surface area contributed by atoms with Crippen LogP contribution in [0.3, 0.4) is 0 Å². The van der Waals surface area contributed by atoms with Crippen LogP contribution in [0.2, 0.25) is 0 Å². The fraction of sp³-hybridized carbons (Fsp3) is 0.545. The maximum Gasteiger partial charge on any atom is 0.328 e. The lowest BCUT2D eigenvalue weighted by atomic mass is 9.85. The molecule has 1 aromatic carbocycles. The number of benzene rings is 1. The summed E-state index contributed by atoms with van der Waals surface area (Å²) in [5.41, 5.74) is 0.871. The van der Waals surface area contributed by atoms with Crippen molar-refractivity contribution in [1.29, 1.82) is 0 Å². The van der Waals surface area contributed by atoms with Crippen LogP contribution in [-0.4, -0.2) is 91.1 Å². The highest BCUT2D eigenvalue weighted by atomic mass is 16.5. The number of piperidine rings is 1. The number of methoxy groups -OCH3 is 2. The average Bonchev–Trinajstić information content (AvgIpc) is 2.96. The van der Waals surface area contributed by atoms with Gasteiger partial charge in [-0.2, -0.15) is 0 Å². The monoisotopic (exact) mass is 446 g/mol. The molecule has 32 heavy (non-hydrogen) atoms. The molecule has 1 aromatic rings. The van der Waals surface area contributed by atoms with Crippen LogP contribution in [0, 0.1) is 0 Å². The zero-order valence-electron chi connectivity index (χ0n) is 18.8. The molecule has 0 aliphatic carbocycles. The van der Waals surface area contributed by atoms with E-state index in [9.17, 15) is 19.2 Å². The van der Waals surface area contributed by atoms with E-state index in [1.807, 2.05) is 24.3 Å². The van der Waals surface area contributed by atoms with Crippen LogP contribution in [0.4, 0.5) is 10.5 Å². The highest BCUT2D eigenvalue weighted by molar-refractivity contribution is 6.08. The standard InChI is InChI=1S/C22H30N4O6/c1-16(27)23-18-6-4-17(5-7-18)14-24-10-8-22(9-11-24)20(29)25(15-19(28)32-3)21(30)26(22)12-13-31-2/h4-7H,8-15H2,1-3H3,(H,23,27). The number of nitrogens with zero attached hydrogens (tertiary/aromatic N) is 3. The second-order valence-corrected chi connectivity index (χ2v) is 8.08. The van der Waals surface area contributed by atoms with Crippen molar-refractivity contribution in [3.05, 3.63) is 29.8 Å². The van der Waals surface area contributed by atoms with Crippen molar-refractivity contribution in [3.8, 4) is 0 Å². The van der Waals surface area contributed by atoms with Crippen LogP contribution in [0.5, 0.6) is 0 Å². The number of hydrogen-bond donors (Lipinski definition) is 1. The first-order chi connectivity index (χ1) is 15.3. The van der Waals surface area contributed by atoms with Crippen molar-refractivity contribution < 1.29 is 28.7 Å². The Morgan fingerprint density at radius 3 is 2.31 bits per heavy atom. The molecular formula is C22H30N4O6.